The molecule has 0 aliphatic carbocycles. The molecule has 92 valence electrons. The summed E-state index contributed by atoms with van der Waals surface area (Å²) in [5, 5.41) is 0. The van der Waals surface area contributed by atoms with Gasteiger partial charge in [0.25, 0.3) is 0 Å². The van der Waals surface area contributed by atoms with Crippen LogP contribution >= 0.6 is 0 Å². The van der Waals surface area contributed by atoms with E-state index in [1.165, 1.54) is 11.3 Å². The van der Waals surface area contributed by atoms with E-state index >= 15 is 0 Å². The molecule has 2 aromatic carbocycles. The summed E-state index contributed by atoms with van der Waals surface area (Å²) in [4.78, 5) is 4.92. The highest BCUT2D eigenvalue weighted by atomic mass is 15.4. The van der Waals surface area contributed by atoms with Crippen molar-refractivity contribution in [3.05, 3.63) is 66.2 Å². The van der Waals surface area contributed by atoms with Gasteiger partial charge in [-0.1, -0.05) is 48.5 Å². The molecule has 1 aliphatic heterocycles. The van der Waals surface area contributed by atoms with E-state index in [4.69, 9.17) is 0 Å². The molecule has 18 heavy (non-hydrogen) atoms. The topological polar surface area (TPSA) is 6.48 Å². The fourth-order valence-electron chi connectivity index (χ4n) is 2.47. The van der Waals surface area contributed by atoms with Crippen LogP contribution in [-0.2, 0) is 6.54 Å². The molecule has 1 saturated heterocycles. The predicted molar refractivity (Wildman–Crippen MR) is 75.5 cm³/mol. The Morgan fingerprint density at radius 2 is 1.44 bits per heavy atom. The van der Waals surface area contributed by atoms with Crippen LogP contribution in [-0.4, -0.2) is 24.7 Å². The number of para-hydroxylation sites is 1. The lowest BCUT2D eigenvalue weighted by Gasteiger charge is -2.19. The summed E-state index contributed by atoms with van der Waals surface area (Å²) in [7, 11) is 0. The van der Waals surface area contributed by atoms with E-state index in [1.807, 2.05) is 0 Å². The molecule has 0 N–H and O–H groups in total. The fourth-order valence-corrected chi connectivity index (χ4v) is 2.47. The molecule has 0 unspecified atom stereocenters. The van der Waals surface area contributed by atoms with Crippen LogP contribution in [0.2, 0.25) is 0 Å². The minimum Gasteiger partial charge on any atom is -0.357 e. The van der Waals surface area contributed by atoms with E-state index in [-0.39, 0.29) is 0 Å². The maximum Gasteiger partial charge on any atom is 0.0711 e. The normalized spacial score (nSPS) is 16.1. The van der Waals surface area contributed by atoms with Crippen LogP contribution in [0.3, 0.4) is 0 Å². The zero-order valence-electron chi connectivity index (χ0n) is 10.5. The summed E-state index contributed by atoms with van der Waals surface area (Å²) < 4.78 is 0. The largest absolute Gasteiger partial charge is 0.357 e. The van der Waals surface area contributed by atoms with E-state index in [2.05, 4.69) is 70.5 Å². The van der Waals surface area contributed by atoms with Gasteiger partial charge in [-0.2, -0.15) is 0 Å². The number of anilines is 1. The van der Waals surface area contributed by atoms with Crippen LogP contribution in [0.4, 0.5) is 5.69 Å². The van der Waals surface area contributed by atoms with E-state index in [1.54, 1.807) is 0 Å². The molecular formula is C16H18N2. The highest BCUT2D eigenvalue weighted by Crippen LogP contribution is 2.18. The Labute approximate surface area is 108 Å². The molecule has 0 atom stereocenters. The quantitative estimate of drug-likeness (QED) is 0.811. The number of hydrogen-bond donors (Lipinski definition) is 0. The second-order valence-electron chi connectivity index (χ2n) is 4.78. The van der Waals surface area contributed by atoms with Crippen LogP contribution in [0, 0.1) is 0 Å². The van der Waals surface area contributed by atoms with Gasteiger partial charge in [0.1, 0.15) is 0 Å². The third kappa shape index (κ3) is 2.54. The lowest BCUT2D eigenvalue weighted by molar-refractivity contribution is 0.334. The monoisotopic (exact) mass is 238 g/mol. The van der Waals surface area contributed by atoms with Crippen molar-refractivity contribution in [3.8, 4) is 0 Å². The minimum absolute atomic E-state index is 1.03. The van der Waals surface area contributed by atoms with E-state index in [0.29, 0.717) is 0 Å². The average molecular weight is 238 g/mol. The molecule has 2 aromatic rings. The van der Waals surface area contributed by atoms with Crippen molar-refractivity contribution >= 4 is 5.69 Å². The van der Waals surface area contributed by atoms with E-state index < -0.39 is 0 Å². The molecule has 0 amide bonds. The van der Waals surface area contributed by atoms with E-state index in [9.17, 15) is 0 Å². The van der Waals surface area contributed by atoms with Crippen molar-refractivity contribution in [2.45, 2.75) is 6.54 Å². The number of hydrogen-bond acceptors (Lipinski definition) is 2. The first-order valence-corrected chi connectivity index (χ1v) is 6.48. The zero-order chi connectivity index (χ0) is 12.2. The van der Waals surface area contributed by atoms with Gasteiger partial charge in [0.05, 0.1) is 6.67 Å². The zero-order valence-corrected chi connectivity index (χ0v) is 10.5. The molecule has 0 spiro atoms. The predicted octanol–water partition coefficient (Wildman–Crippen LogP) is 2.97. The van der Waals surface area contributed by atoms with Crippen LogP contribution in [0.25, 0.3) is 0 Å². The molecule has 1 heterocycles. The summed E-state index contributed by atoms with van der Waals surface area (Å²) in [6.45, 7) is 4.34. The third-order valence-electron chi connectivity index (χ3n) is 3.43. The number of benzene rings is 2. The van der Waals surface area contributed by atoms with Gasteiger partial charge in [0.2, 0.25) is 0 Å². The molecule has 2 nitrogen and oxygen atoms in total. The first-order chi connectivity index (χ1) is 8.92. The average Bonchev–Trinajstić information content (AvgIpc) is 2.89. The Morgan fingerprint density at radius 3 is 2.17 bits per heavy atom. The highest BCUT2D eigenvalue weighted by Gasteiger charge is 2.19. The molecular weight excluding hydrogens is 220 g/mol. The van der Waals surface area contributed by atoms with Crippen LogP contribution in [0.1, 0.15) is 5.56 Å². The maximum atomic E-state index is 2.49. The summed E-state index contributed by atoms with van der Waals surface area (Å²) in [5.74, 6) is 0. The molecule has 0 saturated carbocycles. The lowest BCUT2D eigenvalue weighted by atomic mass is 10.2. The van der Waals surface area contributed by atoms with Crippen LogP contribution in [0.15, 0.2) is 60.7 Å². The van der Waals surface area contributed by atoms with Crippen molar-refractivity contribution < 1.29 is 0 Å². The number of nitrogens with zero attached hydrogens (tertiary/aromatic N) is 2. The Kier molecular flexibility index (Phi) is 3.29. The second kappa shape index (κ2) is 5.23. The molecule has 1 aliphatic rings. The summed E-state index contributed by atoms with van der Waals surface area (Å²) in [5.41, 5.74) is 2.72. The van der Waals surface area contributed by atoms with Crippen LogP contribution in [0.5, 0.6) is 0 Å². The Hall–Kier alpha value is -1.80. The van der Waals surface area contributed by atoms with Gasteiger partial charge in [-0.25, -0.2) is 0 Å². The van der Waals surface area contributed by atoms with Crippen molar-refractivity contribution in [1.82, 2.24) is 4.90 Å². The first-order valence-electron chi connectivity index (χ1n) is 6.48. The molecule has 1 fully saturated rings. The Morgan fingerprint density at radius 1 is 0.778 bits per heavy atom. The van der Waals surface area contributed by atoms with Gasteiger partial charge in [0, 0.05) is 25.3 Å². The van der Waals surface area contributed by atoms with Gasteiger partial charge in [-0.05, 0) is 17.7 Å². The second-order valence-corrected chi connectivity index (χ2v) is 4.78. The van der Waals surface area contributed by atoms with Gasteiger partial charge in [-0.3, -0.25) is 4.90 Å². The molecule has 3 rings (SSSR count). The summed E-state index contributed by atoms with van der Waals surface area (Å²) in [6.07, 6.45) is 0. The first kappa shape index (κ1) is 11.3. The fraction of sp³-hybridized carbons (Fsp3) is 0.250. The van der Waals surface area contributed by atoms with Gasteiger partial charge >= 0.3 is 0 Å². The van der Waals surface area contributed by atoms with Gasteiger partial charge in [0.15, 0.2) is 0 Å². The highest BCUT2D eigenvalue weighted by molar-refractivity contribution is 5.46. The molecule has 0 aromatic heterocycles. The van der Waals surface area contributed by atoms with Crippen molar-refractivity contribution in [2.24, 2.45) is 0 Å². The molecule has 2 heteroatoms. The lowest BCUT2D eigenvalue weighted by Crippen LogP contribution is -2.24. The summed E-state index contributed by atoms with van der Waals surface area (Å²) >= 11 is 0. The van der Waals surface area contributed by atoms with Crippen molar-refractivity contribution in [1.29, 1.82) is 0 Å². The van der Waals surface area contributed by atoms with Crippen molar-refractivity contribution in [3.63, 3.8) is 0 Å². The Balaban J connectivity index is 1.62. The smallest absolute Gasteiger partial charge is 0.0711 e. The third-order valence-corrected chi connectivity index (χ3v) is 3.43. The number of rotatable bonds is 3. The maximum absolute atomic E-state index is 2.49. The van der Waals surface area contributed by atoms with Gasteiger partial charge in [-0.15, -0.1) is 0 Å². The summed E-state index contributed by atoms with van der Waals surface area (Å²) in [6, 6.07) is 21.4. The standard InChI is InChI=1S/C16H18N2/c1-3-7-15(8-4-1)13-17-11-12-18(14-17)16-9-5-2-6-10-16/h1-10H,11-14H2. The van der Waals surface area contributed by atoms with E-state index in [0.717, 1.165) is 26.3 Å². The minimum atomic E-state index is 1.03. The molecule has 0 radical (unpaired) electrons. The Bertz CT molecular complexity index is 481. The SMILES string of the molecule is c1ccc(CN2CCN(c3ccccc3)C2)cc1. The van der Waals surface area contributed by atoms with Crippen molar-refractivity contribution in [2.75, 3.05) is 24.7 Å². The van der Waals surface area contributed by atoms with Gasteiger partial charge < -0.3 is 4.90 Å². The molecule has 0 bridgehead atoms. The van der Waals surface area contributed by atoms with Crippen LogP contribution < -0.4 is 4.90 Å².